The molecule has 1 N–H and O–H groups in total. The lowest BCUT2D eigenvalue weighted by molar-refractivity contribution is -0.116. The Bertz CT molecular complexity index is 667. The van der Waals surface area contributed by atoms with Gasteiger partial charge in [0.25, 0.3) is 0 Å². The van der Waals surface area contributed by atoms with E-state index in [4.69, 9.17) is 14.2 Å². The molecule has 0 heterocycles. The Labute approximate surface area is 134 Å². The van der Waals surface area contributed by atoms with Crippen molar-refractivity contribution in [2.75, 3.05) is 20.8 Å². The first-order valence-corrected chi connectivity index (χ1v) is 6.97. The van der Waals surface area contributed by atoms with E-state index in [9.17, 15) is 9.90 Å². The van der Waals surface area contributed by atoms with Gasteiger partial charge >= 0.3 is 0 Å². The summed E-state index contributed by atoms with van der Waals surface area (Å²) in [5.41, 5.74) is 0.671. The maximum Gasteiger partial charge on any atom is 0.200 e. The molecule has 0 aliphatic carbocycles. The molecule has 0 spiro atoms. The number of rotatable bonds is 7. The fourth-order valence-electron chi connectivity index (χ4n) is 1.92. The van der Waals surface area contributed by atoms with E-state index in [1.165, 1.54) is 20.3 Å². The zero-order valence-corrected chi connectivity index (χ0v) is 13.0. The molecule has 0 atom stereocenters. The van der Waals surface area contributed by atoms with E-state index >= 15 is 0 Å². The summed E-state index contributed by atoms with van der Waals surface area (Å²) in [6.07, 6.45) is 3.02. The second-order valence-electron chi connectivity index (χ2n) is 4.68. The lowest BCUT2D eigenvalue weighted by atomic mass is 10.1. The Morgan fingerprint density at radius 2 is 1.70 bits per heavy atom. The van der Waals surface area contributed by atoms with Crippen LogP contribution in [0, 0.1) is 0 Å². The Morgan fingerprint density at radius 1 is 1.09 bits per heavy atom. The van der Waals surface area contributed by atoms with E-state index in [-0.39, 0.29) is 29.6 Å². The molecule has 0 bridgehead atoms. The van der Waals surface area contributed by atoms with E-state index in [0.29, 0.717) is 11.3 Å². The molecule has 0 aliphatic heterocycles. The number of benzene rings is 2. The summed E-state index contributed by atoms with van der Waals surface area (Å²) in [6.45, 7) is -0.0487. The highest BCUT2D eigenvalue weighted by atomic mass is 16.5. The van der Waals surface area contributed by atoms with Crippen LogP contribution in [0.2, 0.25) is 0 Å². The maximum atomic E-state index is 11.8. The van der Waals surface area contributed by atoms with Crippen LogP contribution in [0.15, 0.2) is 48.5 Å². The topological polar surface area (TPSA) is 65.0 Å². The molecule has 5 heteroatoms. The third-order valence-corrected chi connectivity index (χ3v) is 3.09. The highest BCUT2D eigenvalue weighted by Crippen LogP contribution is 2.37. The quantitative estimate of drug-likeness (QED) is 0.796. The predicted molar refractivity (Wildman–Crippen MR) is 87.2 cm³/mol. The van der Waals surface area contributed by atoms with Gasteiger partial charge in [0.2, 0.25) is 5.75 Å². The fraction of sp³-hybridized carbons (Fsp3) is 0.167. The van der Waals surface area contributed by atoms with Crippen LogP contribution >= 0.6 is 0 Å². The van der Waals surface area contributed by atoms with Gasteiger partial charge in [0, 0.05) is 0 Å². The molecule has 2 rings (SSSR count). The molecule has 0 aliphatic rings. The molecule has 0 radical (unpaired) electrons. The van der Waals surface area contributed by atoms with E-state index in [1.54, 1.807) is 30.3 Å². The third-order valence-electron chi connectivity index (χ3n) is 3.09. The number of phenols is 1. The highest BCUT2D eigenvalue weighted by molar-refractivity contribution is 5.94. The summed E-state index contributed by atoms with van der Waals surface area (Å²) < 4.78 is 15.5. The number of hydrogen-bond donors (Lipinski definition) is 1. The van der Waals surface area contributed by atoms with Crippen LogP contribution < -0.4 is 14.2 Å². The minimum atomic E-state index is -0.181. The van der Waals surface area contributed by atoms with Gasteiger partial charge in [-0.3, -0.25) is 4.79 Å². The Hall–Kier alpha value is -2.95. The Morgan fingerprint density at radius 3 is 2.26 bits per heavy atom. The zero-order chi connectivity index (χ0) is 16.7. The first-order chi connectivity index (χ1) is 11.1. The van der Waals surface area contributed by atoms with Gasteiger partial charge < -0.3 is 19.3 Å². The average Bonchev–Trinajstić information content (AvgIpc) is 2.59. The summed E-state index contributed by atoms with van der Waals surface area (Å²) in [7, 11) is 2.89. The normalized spacial score (nSPS) is 10.5. The number of hydrogen-bond acceptors (Lipinski definition) is 5. The third kappa shape index (κ3) is 4.51. The van der Waals surface area contributed by atoms with Gasteiger partial charge in [0.1, 0.15) is 5.75 Å². The molecular formula is C18H18O5. The first-order valence-electron chi connectivity index (χ1n) is 6.97. The smallest absolute Gasteiger partial charge is 0.200 e. The lowest BCUT2D eigenvalue weighted by Crippen LogP contribution is -2.07. The minimum absolute atomic E-state index is 0.0487. The molecule has 0 saturated heterocycles. The van der Waals surface area contributed by atoms with Crippen molar-refractivity contribution in [1.82, 2.24) is 0 Å². The number of methoxy groups -OCH3 is 2. The second kappa shape index (κ2) is 7.89. The number of aromatic hydroxyl groups is 1. The van der Waals surface area contributed by atoms with Crippen LogP contribution in [0.4, 0.5) is 0 Å². The number of carbonyl (C=O) groups is 1. The van der Waals surface area contributed by atoms with Gasteiger partial charge in [-0.1, -0.05) is 24.3 Å². The summed E-state index contributed by atoms with van der Waals surface area (Å²) in [5.74, 6) is 0.932. The van der Waals surface area contributed by atoms with E-state index in [1.807, 2.05) is 18.2 Å². The average molecular weight is 314 g/mol. The maximum absolute atomic E-state index is 11.8. The molecule has 0 fully saturated rings. The molecular weight excluding hydrogens is 296 g/mol. The number of ether oxygens (including phenoxy) is 3. The number of para-hydroxylation sites is 1. The van der Waals surface area contributed by atoms with Crippen molar-refractivity contribution in [1.29, 1.82) is 0 Å². The highest BCUT2D eigenvalue weighted by Gasteiger charge is 2.10. The van der Waals surface area contributed by atoms with Crippen LogP contribution in [0.5, 0.6) is 23.0 Å². The number of ketones is 1. The lowest BCUT2D eigenvalue weighted by Gasteiger charge is -2.09. The summed E-state index contributed by atoms with van der Waals surface area (Å²) in [4.78, 5) is 11.8. The Kier molecular flexibility index (Phi) is 5.63. The van der Waals surface area contributed by atoms with Crippen molar-refractivity contribution < 1.29 is 24.1 Å². The SMILES string of the molecule is COc1cc(/C=C/C(=O)COc2ccccc2)cc(OC)c1O. The van der Waals surface area contributed by atoms with Crippen molar-refractivity contribution >= 4 is 11.9 Å². The predicted octanol–water partition coefficient (Wildman–Crippen LogP) is 3.07. The van der Waals surface area contributed by atoms with Crippen LogP contribution in [-0.4, -0.2) is 31.7 Å². The molecule has 0 amide bonds. The monoisotopic (exact) mass is 314 g/mol. The molecule has 0 saturated carbocycles. The fourth-order valence-corrected chi connectivity index (χ4v) is 1.92. The summed E-state index contributed by atoms with van der Waals surface area (Å²) in [5, 5.41) is 9.84. The van der Waals surface area contributed by atoms with E-state index < -0.39 is 0 Å². The van der Waals surface area contributed by atoms with Gasteiger partial charge in [0.05, 0.1) is 14.2 Å². The molecule has 2 aromatic carbocycles. The van der Waals surface area contributed by atoms with Crippen molar-refractivity contribution in [2.45, 2.75) is 0 Å². The van der Waals surface area contributed by atoms with Gasteiger partial charge in [-0.05, 0) is 35.9 Å². The molecule has 0 aromatic heterocycles. The summed E-state index contributed by atoms with van der Waals surface area (Å²) in [6, 6.07) is 12.3. The number of phenolic OH excluding ortho intramolecular Hbond substituents is 1. The first kappa shape index (κ1) is 16.4. The second-order valence-corrected chi connectivity index (χ2v) is 4.68. The van der Waals surface area contributed by atoms with Gasteiger partial charge in [-0.25, -0.2) is 0 Å². The Balaban J connectivity index is 2.03. The number of carbonyl (C=O) groups excluding carboxylic acids is 1. The largest absolute Gasteiger partial charge is 0.502 e. The van der Waals surface area contributed by atoms with Crippen LogP contribution in [0.25, 0.3) is 6.08 Å². The van der Waals surface area contributed by atoms with Gasteiger partial charge in [-0.2, -0.15) is 0 Å². The van der Waals surface area contributed by atoms with Crippen molar-refractivity contribution in [3.8, 4) is 23.0 Å². The van der Waals surface area contributed by atoms with Crippen LogP contribution in [0.1, 0.15) is 5.56 Å². The van der Waals surface area contributed by atoms with E-state index in [2.05, 4.69) is 0 Å². The van der Waals surface area contributed by atoms with Crippen LogP contribution in [0.3, 0.4) is 0 Å². The minimum Gasteiger partial charge on any atom is -0.502 e. The molecule has 23 heavy (non-hydrogen) atoms. The molecule has 0 unspecified atom stereocenters. The van der Waals surface area contributed by atoms with E-state index in [0.717, 1.165) is 0 Å². The summed E-state index contributed by atoms with van der Waals surface area (Å²) >= 11 is 0. The molecule has 2 aromatic rings. The standard InChI is InChI=1S/C18H18O5/c1-21-16-10-13(11-17(22-2)18(16)20)8-9-14(19)12-23-15-6-4-3-5-7-15/h3-11,20H,12H2,1-2H3/b9-8+. The molecule has 120 valence electrons. The van der Waals surface area contributed by atoms with Crippen LogP contribution in [-0.2, 0) is 4.79 Å². The van der Waals surface area contributed by atoms with Crippen molar-refractivity contribution in [2.24, 2.45) is 0 Å². The van der Waals surface area contributed by atoms with Gasteiger partial charge in [0.15, 0.2) is 23.9 Å². The molecule has 5 nitrogen and oxygen atoms in total. The van der Waals surface area contributed by atoms with Gasteiger partial charge in [-0.15, -0.1) is 0 Å². The zero-order valence-electron chi connectivity index (χ0n) is 13.0. The van der Waals surface area contributed by atoms with Crippen molar-refractivity contribution in [3.63, 3.8) is 0 Å². The van der Waals surface area contributed by atoms with Crippen molar-refractivity contribution in [3.05, 3.63) is 54.1 Å².